The molecular weight excluding hydrogens is 509 g/mol. The van der Waals surface area contributed by atoms with Crippen LogP contribution in [0.25, 0.3) is 0 Å². The first-order valence-electron chi connectivity index (χ1n) is 10.6. The molecular formula is C25H18Cl3N5O2. The summed E-state index contributed by atoms with van der Waals surface area (Å²) < 4.78 is 7.40. The number of amides is 1. The molecule has 0 bridgehead atoms. The minimum Gasteiger partial charge on any atom is -0.484 e. The Morgan fingerprint density at radius 1 is 0.914 bits per heavy atom. The van der Waals surface area contributed by atoms with E-state index in [9.17, 15) is 4.79 Å². The average Bonchev–Trinajstić information content (AvgIpc) is 3.52. The molecule has 2 heterocycles. The van der Waals surface area contributed by atoms with Gasteiger partial charge in [0.1, 0.15) is 30.5 Å². The molecule has 2 unspecified atom stereocenters. The number of ether oxygens (including phenoxy) is 1. The molecule has 0 saturated carbocycles. The topological polar surface area (TPSA) is 72.6 Å². The molecule has 1 amide bonds. The Labute approximate surface area is 216 Å². The van der Waals surface area contributed by atoms with Crippen molar-refractivity contribution in [2.24, 2.45) is 5.10 Å². The van der Waals surface area contributed by atoms with Gasteiger partial charge in [-0.25, -0.2) is 14.7 Å². The molecule has 4 aromatic rings. The van der Waals surface area contributed by atoms with Crippen LogP contribution in [0.1, 0.15) is 23.2 Å². The fourth-order valence-corrected chi connectivity index (χ4v) is 4.63. The third-order valence-electron chi connectivity index (χ3n) is 5.56. The third-order valence-corrected chi connectivity index (χ3v) is 6.38. The summed E-state index contributed by atoms with van der Waals surface area (Å²) in [7, 11) is 0. The van der Waals surface area contributed by atoms with Crippen LogP contribution in [-0.4, -0.2) is 38.0 Å². The van der Waals surface area contributed by atoms with E-state index in [-0.39, 0.29) is 12.5 Å². The van der Waals surface area contributed by atoms with Gasteiger partial charge in [0.25, 0.3) is 5.91 Å². The lowest BCUT2D eigenvalue weighted by Gasteiger charge is -2.28. The first-order chi connectivity index (χ1) is 17.0. The summed E-state index contributed by atoms with van der Waals surface area (Å²) >= 11 is 18.7. The van der Waals surface area contributed by atoms with Gasteiger partial charge in [-0.1, -0.05) is 71.2 Å². The van der Waals surface area contributed by atoms with E-state index in [1.54, 1.807) is 53.5 Å². The molecule has 3 aromatic carbocycles. The molecule has 5 rings (SSSR count). The van der Waals surface area contributed by atoms with E-state index in [0.29, 0.717) is 32.1 Å². The van der Waals surface area contributed by atoms with Crippen LogP contribution >= 0.6 is 34.8 Å². The van der Waals surface area contributed by atoms with Gasteiger partial charge in [0.05, 0.1) is 5.71 Å². The Balaban J connectivity index is 1.56. The Bertz CT molecular complexity index is 1360. The lowest BCUT2D eigenvalue weighted by Crippen LogP contribution is -2.35. The molecule has 7 nitrogen and oxygen atoms in total. The number of aromatic nitrogens is 3. The van der Waals surface area contributed by atoms with Crippen molar-refractivity contribution in [3.63, 3.8) is 0 Å². The van der Waals surface area contributed by atoms with Crippen LogP contribution < -0.4 is 4.74 Å². The Hall–Kier alpha value is -3.39. The molecule has 35 heavy (non-hydrogen) atoms. The highest BCUT2D eigenvalue weighted by atomic mass is 35.5. The van der Waals surface area contributed by atoms with Gasteiger partial charge < -0.3 is 4.74 Å². The molecule has 176 valence electrons. The zero-order valence-electron chi connectivity index (χ0n) is 18.1. The quantitative estimate of drug-likeness (QED) is 0.316. The second-order valence-electron chi connectivity index (χ2n) is 7.76. The fraction of sp³-hybridized carbons (Fsp3) is 0.120. The van der Waals surface area contributed by atoms with Gasteiger partial charge >= 0.3 is 0 Å². The van der Waals surface area contributed by atoms with E-state index in [4.69, 9.17) is 44.6 Å². The highest BCUT2D eigenvalue weighted by Gasteiger charge is 2.44. The summed E-state index contributed by atoms with van der Waals surface area (Å²) in [5.74, 6) is 0.162. The predicted octanol–water partition coefficient (Wildman–Crippen LogP) is 5.85. The van der Waals surface area contributed by atoms with Gasteiger partial charge in [-0.05, 0) is 42.0 Å². The van der Waals surface area contributed by atoms with E-state index >= 15 is 0 Å². The minimum atomic E-state index is -0.613. The molecule has 1 aliphatic rings. The smallest absolute Gasteiger partial charge is 0.281 e. The summed E-state index contributed by atoms with van der Waals surface area (Å²) in [5, 5.41) is 12.0. The van der Waals surface area contributed by atoms with Crippen LogP contribution in [0.3, 0.4) is 0 Å². The first kappa shape index (κ1) is 23.4. The van der Waals surface area contributed by atoms with Crippen LogP contribution in [0.15, 0.2) is 90.6 Å². The second-order valence-corrected chi connectivity index (χ2v) is 9.04. The van der Waals surface area contributed by atoms with E-state index in [1.165, 1.54) is 11.3 Å². The maximum absolute atomic E-state index is 13.5. The summed E-state index contributed by atoms with van der Waals surface area (Å²) in [6.45, 7) is -0.237. The Morgan fingerprint density at radius 3 is 2.34 bits per heavy atom. The molecule has 2 atom stereocenters. The predicted molar refractivity (Wildman–Crippen MR) is 135 cm³/mol. The molecule has 0 aliphatic carbocycles. The van der Waals surface area contributed by atoms with E-state index < -0.39 is 12.1 Å². The first-order valence-corrected chi connectivity index (χ1v) is 11.8. The van der Waals surface area contributed by atoms with Crippen molar-refractivity contribution in [1.29, 1.82) is 0 Å². The van der Waals surface area contributed by atoms with Crippen LogP contribution in [0.2, 0.25) is 15.1 Å². The lowest BCUT2D eigenvalue weighted by molar-refractivity contribution is -0.135. The number of rotatable bonds is 6. The molecule has 0 spiro atoms. The van der Waals surface area contributed by atoms with Crippen LogP contribution in [0, 0.1) is 0 Å². The summed E-state index contributed by atoms with van der Waals surface area (Å²) in [5.41, 5.74) is 2.16. The molecule has 10 heteroatoms. The zero-order valence-corrected chi connectivity index (χ0v) is 20.4. The number of hydrogen-bond donors (Lipinski definition) is 0. The van der Waals surface area contributed by atoms with Crippen LogP contribution in [0.5, 0.6) is 5.75 Å². The van der Waals surface area contributed by atoms with Gasteiger partial charge in [0.2, 0.25) is 0 Å². The highest BCUT2D eigenvalue weighted by molar-refractivity contribution is 6.35. The number of hydrogen-bond acceptors (Lipinski definition) is 5. The van der Waals surface area contributed by atoms with Crippen molar-refractivity contribution < 1.29 is 9.53 Å². The van der Waals surface area contributed by atoms with Crippen molar-refractivity contribution in [3.05, 3.63) is 112 Å². The largest absolute Gasteiger partial charge is 0.484 e. The molecule has 0 fully saturated rings. The molecule has 0 N–H and O–H groups in total. The monoisotopic (exact) mass is 525 g/mol. The molecule has 0 saturated heterocycles. The number of halogens is 3. The summed E-state index contributed by atoms with van der Waals surface area (Å²) in [6.07, 6.45) is 3.04. The summed E-state index contributed by atoms with van der Waals surface area (Å²) in [4.78, 5) is 17.6. The van der Waals surface area contributed by atoms with Crippen LogP contribution in [-0.2, 0) is 4.79 Å². The number of hydrazone groups is 1. The fourth-order valence-electron chi connectivity index (χ4n) is 3.99. The van der Waals surface area contributed by atoms with Gasteiger partial charge in [-0.3, -0.25) is 4.79 Å². The standard InChI is InChI=1S/C25H18Cl3N5O2/c26-17-6-9-19(10-7-17)35-13-22(34)33-24(20-11-8-18(27)12-21(20)28)25(32-15-29-14-30-32)23(31-33)16-4-2-1-3-5-16/h1-12,14-15,24-25H,13H2. The van der Waals surface area contributed by atoms with Gasteiger partial charge in [-0.15, -0.1) is 0 Å². The van der Waals surface area contributed by atoms with E-state index in [0.717, 1.165) is 5.56 Å². The molecule has 1 aliphatic heterocycles. The Kier molecular flexibility index (Phi) is 6.72. The van der Waals surface area contributed by atoms with Gasteiger partial charge in [0.15, 0.2) is 6.61 Å². The maximum atomic E-state index is 13.5. The van der Waals surface area contributed by atoms with E-state index in [2.05, 4.69) is 10.1 Å². The maximum Gasteiger partial charge on any atom is 0.281 e. The van der Waals surface area contributed by atoms with Crippen LogP contribution in [0.4, 0.5) is 0 Å². The lowest BCUT2D eigenvalue weighted by atomic mass is 9.93. The molecule has 0 radical (unpaired) electrons. The van der Waals surface area contributed by atoms with Crippen molar-refractivity contribution in [3.8, 4) is 5.75 Å². The van der Waals surface area contributed by atoms with E-state index in [1.807, 2.05) is 30.3 Å². The normalized spacial score (nSPS) is 17.3. The van der Waals surface area contributed by atoms with Crippen molar-refractivity contribution in [1.82, 2.24) is 19.8 Å². The number of nitrogens with zero attached hydrogens (tertiary/aromatic N) is 5. The number of benzene rings is 3. The Morgan fingerprint density at radius 2 is 1.66 bits per heavy atom. The highest BCUT2D eigenvalue weighted by Crippen LogP contribution is 2.43. The SMILES string of the molecule is O=C(COc1ccc(Cl)cc1)N1N=C(c2ccccc2)C(n2cncn2)C1c1ccc(Cl)cc1Cl. The van der Waals surface area contributed by atoms with Gasteiger partial charge in [0, 0.05) is 20.6 Å². The van der Waals surface area contributed by atoms with Crippen molar-refractivity contribution in [2.75, 3.05) is 6.61 Å². The number of carbonyl (C=O) groups is 1. The van der Waals surface area contributed by atoms with Gasteiger partial charge in [-0.2, -0.15) is 10.2 Å². The minimum absolute atomic E-state index is 0.237. The van der Waals surface area contributed by atoms with Crippen molar-refractivity contribution >= 4 is 46.4 Å². The number of carbonyl (C=O) groups excluding carboxylic acids is 1. The third kappa shape index (κ3) is 4.89. The zero-order chi connectivity index (χ0) is 24.4. The van der Waals surface area contributed by atoms with Crippen molar-refractivity contribution in [2.45, 2.75) is 12.1 Å². The summed E-state index contributed by atoms with van der Waals surface area (Å²) in [6, 6.07) is 20.5. The molecule has 1 aromatic heterocycles. The second kappa shape index (κ2) is 10.1. The average molecular weight is 527 g/mol.